The zero-order valence-corrected chi connectivity index (χ0v) is 6.52. The standard InChI is InChI=1S/C7H5F4NO/c1-13-5-3-12-6(2-4(5)8)7(9,10)11/h2-3H,1H3. The second-order valence-electron chi connectivity index (χ2n) is 2.20. The number of alkyl halides is 3. The molecule has 72 valence electrons. The Kier molecular flexibility index (Phi) is 2.40. The van der Waals surface area contributed by atoms with Crippen molar-refractivity contribution in [1.29, 1.82) is 0 Å². The minimum absolute atomic E-state index is 0.291. The number of halogens is 4. The predicted octanol–water partition coefficient (Wildman–Crippen LogP) is 2.25. The van der Waals surface area contributed by atoms with Crippen molar-refractivity contribution in [2.24, 2.45) is 0 Å². The maximum Gasteiger partial charge on any atom is 0.433 e. The Morgan fingerprint density at radius 2 is 2.00 bits per heavy atom. The lowest BCUT2D eigenvalue weighted by Crippen LogP contribution is -2.08. The lowest BCUT2D eigenvalue weighted by Gasteiger charge is -2.06. The lowest BCUT2D eigenvalue weighted by atomic mass is 10.3. The van der Waals surface area contributed by atoms with E-state index in [1.54, 1.807) is 0 Å². The topological polar surface area (TPSA) is 22.1 Å². The van der Waals surface area contributed by atoms with Crippen LogP contribution in [-0.2, 0) is 6.18 Å². The summed E-state index contributed by atoms with van der Waals surface area (Å²) in [5.41, 5.74) is -1.27. The smallest absolute Gasteiger partial charge is 0.433 e. The molecule has 6 heteroatoms. The Morgan fingerprint density at radius 3 is 2.38 bits per heavy atom. The van der Waals surface area contributed by atoms with Crippen molar-refractivity contribution in [3.8, 4) is 5.75 Å². The van der Waals surface area contributed by atoms with Gasteiger partial charge in [-0.05, 0) is 0 Å². The van der Waals surface area contributed by atoms with Crippen LogP contribution in [0.5, 0.6) is 5.75 Å². The van der Waals surface area contributed by atoms with Gasteiger partial charge < -0.3 is 4.74 Å². The van der Waals surface area contributed by atoms with Crippen LogP contribution in [0.15, 0.2) is 12.3 Å². The van der Waals surface area contributed by atoms with E-state index in [2.05, 4.69) is 9.72 Å². The average Bonchev–Trinajstić information content (AvgIpc) is 2.02. The van der Waals surface area contributed by atoms with E-state index < -0.39 is 17.7 Å². The molecule has 0 saturated heterocycles. The summed E-state index contributed by atoms with van der Waals surface area (Å²) in [6, 6.07) is 0.291. The van der Waals surface area contributed by atoms with Crippen molar-refractivity contribution in [3.63, 3.8) is 0 Å². The Morgan fingerprint density at radius 1 is 1.38 bits per heavy atom. The van der Waals surface area contributed by atoms with Gasteiger partial charge in [0.2, 0.25) is 0 Å². The number of hydrogen-bond acceptors (Lipinski definition) is 2. The summed E-state index contributed by atoms with van der Waals surface area (Å²) >= 11 is 0. The second kappa shape index (κ2) is 3.20. The largest absolute Gasteiger partial charge is 0.492 e. The third-order valence-electron chi connectivity index (χ3n) is 1.33. The molecule has 0 aromatic carbocycles. The Balaban J connectivity index is 3.10. The summed E-state index contributed by atoms with van der Waals surface area (Å²) in [6.07, 6.45) is -3.94. The summed E-state index contributed by atoms with van der Waals surface area (Å²) in [7, 11) is 1.15. The van der Waals surface area contributed by atoms with Crippen LogP contribution < -0.4 is 4.74 Å². The number of rotatable bonds is 1. The summed E-state index contributed by atoms with van der Waals surface area (Å²) in [4.78, 5) is 2.99. The van der Waals surface area contributed by atoms with Crippen LogP contribution in [0.4, 0.5) is 17.6 Å². The molecular weight excluding hydrogens is 190 g/mol. The molecule has 0 aliphatic rings. The van der Waals surface area contributed by atoms with Crippen LogP contribution in [-0.4, -0.2) is 12.1 Å². The first-order valence-corrected chi connectivity index (χ1v) is 3.22. The van der Waals surface area contributed by atoms with Gasteiger partial charge in [-0.3, -0.25) is 0 Å². The normalized spacial score (nSPS) is 11.5. The minimum atomic E-state index is -4.63. The highest BCUT2D eigenvalue weighted by molar-refractivity contribution is 5.23. The predicted molar refractivity (Wildman–Crippen MR) is 35.7 cm³/mol. The van der Waals surface area contributed by atoms with Gasteiger partial charge in [-0.15, -0.1) is 0 Å². The fraction of sp³-hybridized carbons (Fsp3) is 0.286. The van der Waals surface area contributed by atoms with Gasteiger partial charge in [0.05, 0.1) is 13.3 Å². The number of hydrogen-bond donors (Lipinski definition) is 0. The molecule has 0 aliphatic carbocycles. The van der Waals surface area contributed by atoms with Gasteiger partial charge in [0.15, 0.2) is 11.6 Å². The zero-order valence-electron chi connectivity index (χ0n) is 6.52. The number of methoxy groups -OCH3 is 1. The second-order valence-corrected chi connectivity index (χ2v) is 2.20. The zero-order chi connectivity index (χ0) is 10.1. The van der Waals surface area contributed by atoms with E-state index in [0.29, 0.717) is 12.3 Å². The molecule has 0 amide bonds. The maximum absolute atomic E-state index is 12.7. The van der Waals surface area contributed by atoms with Gasteiger partial charge in [-0.25, -0.2) is 9.37 Å². The molecule has 0 atom stereocenters. The molecule has 1 rings (SSSR count). The number of nitrogens with zero attached hydrogens (tertiary/aromatic N) is 1. The highest BCUT2D eigenvalue weighted by Crippen LogP contribution is 2.29. The third kappa shape index (κ3) is 2.07. The van der Waals surface area contributed by atoms with Crippen LogP contribution in [0.2, 0.25) is 0 Å². The van der Waals surface area contributed by atoms with Crippen molar-refractivity contribution in [1.82, 2.24) is 4.98 Å². The molecule has 0 fully saturated rings. The van der Waals surface area contributed by atoms with Crippen molar-refractivity contribution in [3.05, 3.63) is 23.8 Å². The van der Waals surface area contributed by atoms with E-state index in [4.69, 9.17) is 0 Å². The molecule has 0 radical (unpaired) electrons. The van der Waals surface area contributed by atoms with Crippen molar-refractivity contribution in [2.45, 2.75) is 6.18 Å². The molecule has 0 aliphatic heterocycles. The van der Waals surface area contributed by atoms with E-state index >= 15 is 0 Å². The van der Waals surface area contributed by atoms with Crippen LogP contribution in [0.1, 0.15) is 5.69 Å². The van der Waals surface area contributed by atoms with E-state index in [0.717, 1.165) is 7.11 Å². The molecule has 0 spiro atoms. The summed E-state index contributed by atoms with van der Waals surface area (Å²) in [6.45, 7) is 0. The monoisotopic (exact) mass is 195 g/mol. The van der Waals surface area contributed by atoms with Crippen LogP contribution >= 0.6 is 0 Å². The number of aromatic nitrogens is 1. The van der Waals surface area contributed by atoms with Gasteiger partial charge in [0.25, 0.3) is 0 Å². The molecule has 2 nitrogen and oxygen atoms in total. The molecule has 0 N–H and O–H groups in total. The fourth-order valence-electron chi connectivity index (χ4n) is 0.723. The quantitative estimate of drug-likeness (QED) is 0.641. The van der Waals surface area contributed by atoms with Gasteiger partial charge in [0.1, 0.15) is 5.69 Å². The molecule has 0 bridgehead atoms. The first-order valence-electron chi connectivity index (χ1n) is 3.22. The first kappa shape index (κ1) is 9.76. The van der Waals surface area contributed by atoms with E-state index in [-0.39, 0.29) is 5.75 Å². The number of pyridine rings is 1. The van der Waals surface area contributed by atoms with Gasteiger partial charge in [-0.1, -0.05) is 0 Å². The molecule has 1 aromatic heterocycles. The fourth-order valence-corrected chi connectivity index (χ4v) is 0.723. The van der Waals surface area contributed by atoms with E-state index in [1.165, 1.54) is 0 Å². The Hall–Kier alpha value is -1.33. The average molecular weight is 195 g/mol. The minimum Gasteiger partial charge on any atom is -0.492 e. The summed E-state index contributed by atoms with van der Waals surface area (Å²) in [5.74, 6) is -1.39. The Bertz CT molecular complexity index is 310. The molecule has 1 aromatic rings. The van der Waals surface area contributed by atoms with Crippen molar-refractivity contribution >= 4 is 0 Å². The highest BCUT2D eigenvalue weighted by atomic mass is 19.4. The molecule has 1 heterocycles. The Labute approximate surface area is 71.2 Å². The summed E-state index contributed by atoms with van der Waals surface area (Å²) < 4.78 is 52.9. The molecule has 0 unspecified atom stereocenters. The molecule has 13 heavy (non-hydrogen) atoms. The molecule has 0 saturated carbocycles. The third-order valence-corrected chi connectivity index (χ3v) is 1.33. The van der Waals surface area contributed by atoms with Gasteiger partial charge >= 0.3 is 6.18 Å². The van der Waals surface area contributed by atoms with E-state index in [9.17, 15) is 17.6 Å². The highest BCUT2D eigenvalue weighted by Gasteiger charge is 2.33. The maximum atomic E-state index is 12.7. The van der Waals surface area contributed by atoms with Gasteiger partial charge in [-0.2, -0.15) is 13.2 Å². The van der Waals surface area contributed by atoms with Crippen LogP contribution in [0.25, 0.3) is 0 Å². The van der Waals surface area contributed by atoms with E-state index in [1.807, 2.05) is 0 Å². The van der Waals surface area contributed by atoms with Crippen molar-refractivity contribution < 1.29 is 22.3 Å². The number of ether oxygens (including phenoxy) is 1. The molecular formula is C7H5F4NO. The van der Waals surface area contributed by atoms with Crippen molar-refractivity contribution in [2.75, 3.05) is 7.11 Å². The SMILES string of the molecule is COc1cnc(C(F)(F)F)cc1F. The first-order chi connectivity index (χ1) is 5.95. The van der Waals surface area contributed by atoms with Crippen LogP contribution in [0.3, 0.4) is 0 Å². The lowest BCUT2D eigenvalue weighted by molar-refractivity contribution is -0.141. The van der Waals surface area contributed by atoms with Crippen LogP contribution in [0, 0.1) is 5.82 Å². The summed E-state index contributed by atoms with van der Waals surface area (Å²) in [5, 5.41) is 0. The van der Waals surface area contributed by atoms with Gasteiger partial charge in [0, 0.05) is 6.07 Å².